The Hall–Kier alpha value is -1.76. The molecule has 27 heavy (non-hydrogen) atoms. The topological polar surface area (TPSA) is 66.0 Å². The third-order valence-corrected chi connectivity index (χ3v) is 5.35. The van der Waals surface area contributed by atoms with E-state index in [-0.39, 0.29) is 12.1 Å². The first kappa shape index (κ1) is 20.0. The number of carbonyl (C=O) groups is 1. The highest BCUT2D eigenvalue weighted by molar-refractivity contribution is 9.10. The molecule has 2 aliphatic rings. The van der Waals surface area contributed by atoms with Crippen LogP contribution < -0.4 is 10.6 Å². The lowest BCUT2D eigenvalue weighted by atomic mass is 10.1. The average molecular weight is 437 g/mol. The van der Waals surface area contributed by atoms with Gasteiger partial charge in [0.05, 0.1) is 6.04 Å². The molecule has 1 aromatic carbocycles. The zero-order valence-electron chi connectivity index (χ0n) is 16.5. The van der Waals surface area contributed by atoms with Crippen molar-refractivity contribution in [3.63, 3.8) is 0 Å². The molecule has 1 saturated carbocycles. The van der Waals surface area contributed by atoms with Crippen molar-refractivity contribution in [1.29, 1.82) is 0 Å². The van der Waals surface area contributed by atoms with Gasteiger partial charge in [-0.1, -0.05) is 28.1 Å². The van der Waals surface area contributed by atoms with Crippen LogP contribution in [0.25, 0.3) is 0 Å². The van der Waals surface area contributed by atoms with Crippen LogP contribution in [0.2, 0.25) is 0 Å². The summed E-state index contributed by atoms with van der Waals surface area (Å²) >= 11 is 3.48. The van der Waals surface area contributed by atoms with E-state index < -0.39 is 5.60 Å². The van der Waals surface area contributed by atoms with Gasteiger partial charge in [-0.05, 0) is 51.3 Å². The number of nitrogens with zero attached hydrogens (tertiary/aromatic N) is 2. The van der Waals surface area contributed by atoms with E-state index >= 15 is 0 Å². The summed E-state index contributed by atoms with van der Waals surface area (Å²) in [6.07, 6.45) is 1.66. The lowest BCUT2D eigenvalue weighted by molar-refractivity contribution is 0.0507. The Morgan fingerprint density at radius 3 is 2.59 bits per heavy atom. The molecular formula is C20H29BrN4O2. The maximum Gasteiger partial charge on any atom is 0.407 e. The molecule has 7 heteroatoms. The van der Waals surface area contributed by atoms with E-state index in [0.717, 1.165) is 36.4 Å². The molecule has 1 aliphatic heterocycles. The molecule has 3 rings (SSSR count). The van der Waals surface area contributed by atoms with Gasteiger partial charge >= 0.3 is 6.09 Å². The summed E-state index contributed by atoms with van der Waals surface area (Å²) in [6, 6.07) is 9.04. The third kappa shape index (κ3) is 5.61. The Kier molecular flexibility index (Phi) is 5.99. The van der Waals surface area contributed by atoms with Gasteiger partial charge in [-0.15, -0.1) is 0 Å². The summed E-state index contributed by atoms with van der Waals surface area (Å²) in [6.45, 7) is 7.23. The SMILES string of the molecule is CN=C(NC1CC1c1ccc(Br)cc1)N1CCC(NC(=O)OC(C)(C)C)C1. The second kappa shape index (κ2) is 8.09. The Balaban J connectivity index is 1.48. The van der Waals surface area contributed by atoms with Crippen molar-refractivity contribution in [2.45, 2.75) is 57.2 Å². The molecule has 2 N–H and O–H groups in total. The highest BCUT2D eigenvalue weighted by atomic mass is 79.9. The Morgan fingerprint density at radius 1 is 1.26 bits per heavy atom. The number of carbonyl (C=O) groups excluding carboxylic acids is 1. The Morgan fingerprint density at radius 2 is 1.96 bits per heavy atom. The number of rotatable bonds is 3. The van der Waals surface area contributed by atoms with E-state index in [2.05, 4.69) is 60.7 Å². The molecule has 3 unspecified atom stereocenters. The van der Waals surface area contributed by atoms with Crippen molar-refractivity contribution in [1.82, 2.24) is 15.5 Å². The summed E-state index contributed by atoms with van der Waals surface area (Å²) in [5, 5.41) is 6.54. The zero-order valence-corrected chi connectivity index (χ0v) is 18.0. The lowest BCUT2D eigenvalue weighted by Crippen LogP contribution is -2.44. The monoisotopic (exact) mass is 436 g/mol. The number of aliphatic imine (C=N–C) groups is 1. The molecule has 1 aromatic rings. The number of nitrogens with one attached hydrogen (secondary N) is 2. The summed E-state index contributed by atoms with van der Waals surface area (Å²) in [5.41, 5.74) is 0.880. The predicted octanol–water partition coefficient (Wildman–Crippen LogP) is 3.48. The van der Waals surface area contributed by atoms with E-state index in [0.29, 0.717) is 12.0 Å². The van der Waals surface area contributed by atoms with Gasteiger partial charge < -0.3 is 20.3 Å². The molecule has 148 valence electrons. The van der Waals surface area contributed by atoms with Crippen LogP contribution in [0.3, 0.4) is 0 Å². The maximum absolute atomic E-state index is 12.0. The number of likely N-dealkylation sites (tertiary alicyclic amines) is 1. The number of hydrogen-bond acceptors (Lipinski definition) is 3. The molecule has 1 amide bonds. The van der Waals surface area contributed by atoms with Gasteiger partial charge in [0.2, 0.25) is 0 Å². The number of alkyl carbamates (subject to hydrolysis) is 1. The van der Waals surface area contributed by atoms with Crippen LogP contribution in [-0.2, 0) is 4.74 Å². The fourth-order valence-electron chi connectivity index (χ4n) is 3.44. The number of halogens is 1. The van der Waals surface area contributed by atoms with Gasteiger partial charge in [-0.2, -0.15) is 0 Å². The van der Waals surface area contributed by atoms with Crippen molar-refractivity contribution < 1.29 is 9.53 Å². The smallest absolute Gasteiger partial charge is 0.407 e. The summed E-state index contributed by atoms with van der Waals surface area (Å²) in [4.78, 5) is 18.6. The quantitative estimate of drug-likeness (QED) is 0.562. The molecule has 1 saturated heterocycles. The van der Waals surface area contributed by atoms with Crippen LogP contribution in [0.5, 0.6) is 0 Å². The van der Waals surface area contributed by atoms with E-state index in [4.69, 9.17) is 4.74 Å². The van der Waals surface area contributed by atoms with Crippen molar-refractivity contribution in [3.05, 3.63) is 34.3 Å². The summed E-state index contributed by atoms with van der Waals surface area (Å²) in [7, 11) is 1.81. The van der Waals surface area contributed by atoms with Crippen LogP contribution in [0, 0.1) is 0 Å². The molecule has 0 bridgehead atoms. The van der Waals surface area contributed by atoms with E-state index in [1.165, 1.54) is 5.56 Å². The Labute approximate surface area is 169 Å². The normalized spacial score (nSPS) is 25.3. The third-order valence-electron chi connectivity index (χ3n) is 4.82. The molecule has 6 nitrogen and oxygen atoms in total. The number of benzene rings is 1. The lowest BCUT2D eigenvalue weighted by Gasteiger charge is -2.23. The van der Waals surface area contributed by atoms with Crippen LogP contribution in [0.15, 0.2) is 33.7 Å². The van der Waals surface area contributed by atoms with E-state index in [1.54, 1.807) is 0 Å². The minimum Gasteiger partial charge on any atom is -0.444 e. The largest absolute Gasteiger partial charge is 0.444 e. The number of hydrogen-bond donors (Lipinski definition) is 2. The van der Waals surface area contributed by atoms with Crippen LogP contribution in [-0.4, -0.2) is 54.8 Å². The molecule has 3 atom stereocenters. The van der Waals surface area contributed by atoms with E-state index in [1.807, 2.05) is 27.8 Å². The fourth-order valence-corrected chi connectivity index (χ4v) is 3.70. The van der Waals surface area contributed by atoms with Gasteiger partial charge in [0.25, 0.3) is 0 Å². The minimum absolute atomic E-state index is 0.0832. The number of amides is 1. The molecule has 0 radical (unpaired) electrons. The molecule has 1 heterocycles. The van der Waals surface area contributed by atoms with Gasteiger partial charge in [-0.3, -0.25) is 4.99 Å². The number of guanidine groups is 1. The highest BCUT2D eigenvalue weighted by Gasteiger charge is 2.40. The minimum atomic E-state index is -0.478. The van der Waals surface area contributed by atoms with Gasteiger partial charge in [-0.25, -0.2) is 4.79 Å². The van der Waals surface area contributed by atoms with Gasteiger partial charge in [0, 0.05) is 36.6 Å². The fraction of sp³-hybridized carbons (Fsp3) is 0.600. The molecule has 1 aliphatic carbocycles. The van der Waals surface area contributed by atoms with Crippen LogP contribution in [0.4, 0.5) is 4.79 Å². The van der Waals surface area contributed by atoms with Crippen LogP contribution in [0.1, 0.15) is 45.1 Å². The maximum atomic E-state index is 12.0. The van der Waals surface area contributed by atoms with Crippen LogP contribution >= 0.6 is 15.9 Å². The Bertz CT molecular complexity index is 699. The standard InChI is InChI=1S/C20H29BrN4O2/c1-20(2,3)27-19(26)23-15-9-10-25(12-15)18(22-4)24-17-11-16(17)13-5-7-14(21)8-6-13/h5-8,15-17H,9-12H2,1-4H3,(H,22,24)(H,23,26). The zero-order chi connectivity index (χ0) is 19.6. The second-order valence-corrected chi connectivity index (χ2v) is 9.19. The van der Waals surface area contributed by atoms with Crippen molar-refractivity contribution in [2.75, 3.05) is 20.1 Å². The van der Waals surface area contributed by atoms with Gasteiger partial charge in [0.15, 0.2) is 5.96 Å². The van der Waals surface area contributed by atoms with Crippen molar-refractivity contribution >= 4 is 28.0 Å². The first-order chi connectivity index (χ1) is 12.7. The number of ether oxygens (including phenoxy) is 1. The molecule has 0 spiro atoms. The average Bonchev–Trinajstić information content (AvgIpc) is 3.20. The molecule has 0 aromatic heterocycles. The van der Waals surface area contributed by atoms with Crippen molar-refractivity contribution in [3.8, 4) is 0 Å². The summed E-state index contributed by atoms with van der Waals surface area (Å²) < 4.78 is 6.45. The molecule has 2 fully saturated rings. The van der Waals surface area contributed by atoms with Gasteiger partial charge in [0.1, 0.15) is 5.60 Å². The second-order valence-electron chi connectivity index (χ2n) is 8.27. The highest BCUT2D eigenvalue weighted by Crippen LogP contribution is 2.41. The molecular weight excluding hydrogens is 408 g/mol. The van der Waals surface area contributed by atoms with Crippen molar-refractivity contribution in [2.24, 2.45) is 4.99 Å². The first-order valence-corrected chi connectivity index (χ1v) is 10.3. The summed E-state index contributed by atoms with van der Waals surface area (Å²) in [5.74, 6) is 1.45. The van der Waals surface area contributed by atoms with E-state index in [9.17, 15) is 4.79 Å². The first-order valence-electron chi connectivity index (χ1n) is 9.48. The predicted molar refractivity (Wildman–Crippen MR) is 111 cm³/mol.